The van der Waals surface area contributed by atoms with Crippen LogP contribution in [0.4, 0.5) is 13.2 Å². The van der Waals surface area contributed by atoms with Crippen molar-refractivity contribution in [1.29, 1.82) is 0 Å². The normalized spacial score (nSPS) is 17.8. The molecule has 1 aromatic carbocycles. The summed E-state index contributed by atoms with van der Waals surface area (Å²) in [5, 5.41) is 10.5. The fraction of sp³-hybridized carbons (Fsp3) is 0.389. The van der Waals surface area contributed by atoms with Crippen molar-refractivity contribution in [3.05, 3.63) is 59.9 Å². The molecule has 1 aliphatic carbocycles. The van der Waals surface area contributed by atoms with Gasteiger partial charge in [-0.25, -0.2) is 0 Å². The SMILES string of the molecule is OC(CC1(c2ccc(OC(F)(F)F)cc2)CCC1)c1ccccn1. The second-order valence-corrected chi connectivity index (χ2v) is 6.18. The van der Waals surface area contributed by atoms with Crippen molar-refractivity contribution in [2.45, 2.75) is 43.6 Å². The Balaban J connectivity index is 1.75. The van der Waals surface area contributed by atoms with Crippen molar-refractivity contribution in [3.63, 3.8) is 0 Å². The van der Waals surface area contributed by atoms with Crippen LogP contribution >= 0.6 is 0 Å². The van der Waals surface area contributed by atoms with Crippen LogP contribution in [0.2, 0.25) is 0 Å². The quantitative estimate of drug-likeness (QED) is 0.872. The van der Waals surface area contributed by atoms with Crippen LogP contribution in [0.15, 0.2) is 48.7 Å². The van der Waals surface area contributed by atoms with Crippen LogP contribution in [0, 0.1) is 0 Å². The number of aliphatic hydroxyl groups is 1. The summed E-state index contributed by atoms with van der Waals surface area (Å²) in [4.78, 5) is 4.17. The molecule has 3 rings (SSSR count). The zero-order valence-electron chi connectivity index (χ0n) is 13.0. The van der Waals surface area contributed by atoms with Crippen molar-refractivity contribution >= 4 is 0 Å². The van der Waals surface area contributed by atoms with Crippen molar-refractivity contribution < 1.29 is 23.0 Å². The molecule has 0 saturated heterocycles. The minimum absolute atomic E-state index is 0.215. The highest BCUT2D eigenvalue weighted by molar-refractivity contribution is 5.34. The van der Waals surface area contributed by atoms with E-state index in [1.807, 2.05) is 6.07 Å². The molecule has 1 fully saturated rings. The van der Waals surface area contributed by atoms with E-state index in [-0.39, 0.29) is 11.2 Å². The fourth-order valence-corrected chi connectivity index (χ4v) is 3.27. The highest BCUT2D eigenvalue weighted by Crippen LogP contribution is 2.49. The standard InChI is InChI=1S/C18H18F3NO2/c19-18(20,21)24-14-7-5-13(6-8-14)17(9-3-10-17)12-16(23)15-4-1-2-11-22-15/h1-2,4-8,11,16,23H,3,9-10,12H2. The lowest BCUT2D eigenvalue weighted by molar-refractivity contribution is -0.274. The van der Waals surface area contributed by atoms with Crippen molar-refractivity contribution in [2.75, 3.05) is 0 Å². The first-order valence-electron chi connectivity index (χ1n) is 7.83. The predicted molar refractivity (Wildman–Crippen MR) is 82.5 cm³/mol. The molecule has 1 aliphatic rings. The molecule has 3 nitrogen and oxygen atoms in total. The summed E-state index contributed by atoms with van der Waals surface area (Å²) in [6.45, 7) is 0. The molecule has 1 N–H and O–H groups in total. The van der Waals surface area contributed by atoms with E-state index in [9.17, 15) is 18.3 Å². The molecule has 0 aliphatic heterocycles. The first kappa shape index (κ1) is 16.8. The second-order valence-electron chi connectivity index (χ2n) is 6.18. The molecular formula is C18H18F3NO2. The van der Waals surface area contributed by atoms with Gasteiger partial charge in [0.05, 0.1) is 11.8 Å². The average molecular weight is 337 g/mol. The zero-order chi connectivity index (χ0) is 17.2. The third-order valence-corrected chi connectivity index (χ3v) is 4.62. The summed E-state index contributed by atoms with van der Waals surface area (Å²) in [7, 11) is 0. The highest BCUT2D eigenvalue weighted by Gasteiger charge is 2.41. The Morgan fingerprint density at radius 1 is 1.12 bits per heavy atom. The van der Waals surface area contributed by atoms with Crippen LogP contribution in [-0.2, 0) is 5.41 Å². The van der Waals surface area contributed by atoms with Crippen LogP contribution in [0.5, 0.6) is 5.75 Å². The molecule has 6 heteroatoms. The maximum absolute atomic E-state index is 12.3. The molecule has 0 bridgehead atoms. The van der Waals surface area contributed by atoms with E-state index in [1.54, 1.807) is 30.5 Å². The molecule has 0 amide bonds. The van der Waals surface area contributed by atoms with Gasteiger partial charge in [-0.05, 0) is 54.5 Å². The van der Waals surface area contributed by atoms with Gasteiger partial charge in [-0.1, -0.05) is 24.6 Å². The third-order valence-electron chi connectivity index (χ3n) is 4.62. The number of benzene rings is 1. The fourth-order valence-electron chi connectivity index (χ4n) is 3.27. The number of rotatable bonds is 5. The number of hydrogen-bond donors (Lipinski definition) is 1. The Bertz CT molecular complexity index is 667. The van der Waals surface area contributed by atoms with E-state index in [4.69, 9.17) is 0 Å². The van der Waals surface area contributed by atoms with Crippen LogP contribution in [0.1, 0.15) is 43.0 Å². The van der Waals surface area contributed by atoms with Crippen molar-refractivity contribution in [3.8, 4) is 5.75 Å². The summed E-state index contributed by atoms with van der Waals surface area (Å²) in [6, 6.07) is 11.4. The smallest absolute Gasteiger partial charge is 0.406 e. The van der Waals surface area contributed by atoms with Crippen LogP contribution in [0.25, 0.3) is 0 Å². The average Bonchev–Trinajstić information content (AvgIpc) is 2.51. The number of nitrogens with zero attached hydrogens (tertiary/aromatic N) is 1. The van der Waals surface area contributed by atoms with Crippen LogP contribution < -0.4 is 4.74 Å². The van der Waals surface area contributed by atoms with Gasteiger partial charge in [0.1, 0.15) is 5.75 Å². The molecule has 1 unspecified atom stereocenters. The Morgan fingerprint density at radius 2 is 1.83 bits per heavy atom. The van der Waals surface area contributed by atoms with Gasteiger partial charge >= 0.3 is 6.36 Å². The van der Waals surface area contributed by atoms with E-state index in [0.29, 0.717) is 12.1 Å². The molecular weight excluding hydrogens is 319 g/mol. The van der Waals surface area contributed by atoms with Crippen molar-refractivity contribution in [2.24, 2.45) is 0 Å². The van der Waals surface area contributed by atoms with Gasteiger partial charge in [0.2, 0.25) is 0 Å². The Morgan fingerprint density at radius 3 is 2.33 bits per heavy atom. The largest absolute Gasteiger partial charge is 0.573 e. The first-order chi connectivity index (χ1) is 11.4. The van der Waals surface area contributed by atoms with Gasteiger partial charge in [-0.3, -0.25) is 4.98 Å². The van der Waals surface area contributed by atoms with E-state index in [2.05, 4.69) is 9.72 Å². The summed E-state index contributed by atoms with van der Waals surface area (Å²) in [5.41, 5.74) is 1.33. The van der Waals surface area contributed by atoms with E-state index in [1.165, 1.54) is 12.1 Å². The zero-order valence-corrected chi connectivity index (χ0v) is 13.0. The summed E-state index contributed by atoms with van der Waals surface area (Å²) in [6.07, 6.45) is -0.413. The number of hydrogen-bond acceptors (Lipinski definition) is 3. The molecule has 0 radical (unpaired) electrons. The third kappa shape index (κ3) is 3.70. The van der Waals surface area contributed by atoms with Crippen LogP contribution in [-0.4, -0.2) is 16.5 Å². The topological polar surface area (TPSA) is 42.4 Å². The van der Waals surface area contributed by atoms with Gasteiger partial charge in [0.15, 0.2) is 0 Å². The minimum atomic E-state index is -4.69. The van der Waals surface area contributed by atoms with Gasteiger partial charge in [0.25, 0.3) is 0 Å². The summed E-state index contributed by atoms with van der Waals surface area (Å²) < 4.78 is 40.7. The van der Waals surface area contributed by atoms with Crippen molar-refractivity contribution in [1.82, 2.24) is 4.98 Å². The highest BCUT2D eigenvalue weighted by atomic mass is 19.4. The Kier molecular flexibility index (Phi) is 4.49. The van der Waals surface area contributed by atoms with E-state index >= 15 is 0 Å². The van der Waals surface area contributed by atoms with Gasteiger partial charge in [-0.15, -0.1) is 13.2 Å². The molecule has 1 saturated carbocycles. The maximum atomic E-state index is 12.3. The second kappa shape index (κ2) is 6.43. The number of ether oxygens (including phenoxy) is 1. The van der Waals surface area contributed by atoms with Gasteiger partial charge in [0, 0.05) is 6.20 Å². The molecule has 1 atom stereocenters. The summed E-state index contributed by atoms with van der Waals surface area (Å²) in [5.74, 6) is -0.231. The monoisotopic (exact) mass is 337 g/mol. The van der Waals surface area contributed by atoms with Crippen LogP contribution in [0.3, 0.4) is 0 Å². The van der Waals surface area contributed by atoms with E-state index < -0.39 is 12.5 Å². The van der Waals surface area contributed by atoms with E-state index in [0.717, 1.165) is 24.8 Å². The van der Waals surface area contributed by atoms with Gasteiger partial charge < -0.3 is 9.84 Å². The molecule has 1 aromatic heterocycles. The number of alkyl halides is 3. The lowest BCUT2D eigenvalue weighted by Crippen LogP contribution is -2.36. The van der Waals surface area contributed by atoms with Gasteiger partial charge in [-0.2, -0.15) is 0 Å². The molecule has 24 heavy (non-hydrogen) atoms. The molecule has 2 aromatic rings. The maximum Gasteiger partial charge on any atom is 0.573 e. The number of pyridine rings is 1. The number of aliphatic hydroxyl groups excluding tert-OH is 1. The molecule has 0 spiro atoms. The lowest BCUT2D eigenvalue weighted by atomic mass is 9.61. The number of aromatic nitrogens is 1. The minimum Gasteiger partial charge on any atom is -0.406 e. The molecule has 1 heterocycles. The Hall–Kier alpha value is -2.08. The Labute approximate surface area is 138 Å². The number of halogens is 3. The molecule has 128 valence electrons. The summed E-state index contributed by atoms with van der Waals surface area (Å²) >= 11 is 0. The predicted octanol–water partition coefficient (Wildman–Crippen LogP) is 4.53. The lowest BCUT2D eigenvalue weighted by Gasteiger charge is -2.44. The first-order valence-corrected chi connectivity index (χ1v) is 7.83.